The Bertz CT molecular complexity index is 1600. The lowest BCUT2D eigenvalue weighted by Crippen LogP contribution is -2.40. The number of H-pyrrole nitrogens is 2. The van der Waals surface area contributed by atoms with E-state index < -0.39 is 17.4 Å². The molecule has 4 heterocycles. The van der Waals surface area contributed by atoms with Gasteiger partial charge in [-0.25, -0.2) is 14.9 Å². The molecule has 1 amide bonds. The number of pyridine rings is 1. The molecule has 0 aliphatic carbocycles. The summed E-state index contributed by atoms with van der Waals surface area (Å²) in [6.07, 6.45) is 6.74. The monoisotopic (exact) mass is 515 g/mol. The number of nitrogens with one attached hydrogen (secondary N) is 3. The van der Waals surface area contributed by atoms with Crippen LogP contribution >= 0.6 is 0 Å². The van der Waals surface area contributed by atoms with E-state index in [0.717, 1.165) is 11.1 Å². The summed E-state index contributed by atoms with van der Waals surface area (Å²) >= 11 is 0. The topological polar surface area (TPSA) is 172 Å². The van der Waals surface area contributed by atoms with Crippen LogP contribution in [0.25, 0.3) is 16.5 Å². The van der Waals surface area contributed by atoms with Crippen LogP contribution in [0.3, 0.4) is 0 Å². The maximum atomic E-state index is 13.4. The highest BCUT2D eigenvalue weighted by Gasteiger charge is 2.30. The molecule has 5 rings (SSSR count). The Morgan fingerprint density at radius 3 is 2.63 bits per heavy atom. The second kappa shape index (κ2) is 10.5. The van der Waals surface area contributed by atoms with Gasteiger partial charge in [0, 0.05) is 37.3 Å². The lowest BCUT2D eigenvalue weighted by atomic mass is 9.92. The fourth-order valence-corrected chi connectivity index (χ4v) is 4.60. The summed E-state index contributed by atoms with van der Waals surface area (Å²) in [4.78, 5) is 47.1. The van der Waals surface area contributed by atoms with Gasteiger partial charge in [0.1, 0.15) is 5.75 Å². The number of Topliss-reactive ketones (excluding diaryl/α,β-unsaturated/α-hetero) is 1. The highest BCUT2D eigenvalue weighted by atomic mass is 16.5. The van der Waals surface area contributed by atoms with Gasteiger partial charge in [-0.1, -0.05) is 35.9 Å². The van der Waals surface area contributed by atoms with Gasteiger partial charge in [0.2, 0.25) is 5.89 Å². The number of ether oxygens (including phenoxy) is 1. The number of carbonyl (C=O) groups is 2. The maximum Gasteiger partial charge on any atom is 0.434 e. The maximum absolute atomic E-state index is 13.4. The molecule has 12 heteroatoms. The van der Waals surface area contributed by atoms with Crippen molar-refractivity contribution in [1.29, 1.82) is 0 Å². The number of hydrogen-bond donors (Lipinski definition) is 4. The quantitative estimate of drug-likeness (QED) is 0.213. The smallest absolute Gasteiger partial charge is 0.434 e. The molecule has 1 aliphatic heterocycles. The van der Waals surface area contributed by atoms with Crippen molar-refractivity contribution in [3.63, 3.8) is 0 Å². The second-order valence-corrected chi connectivity index (χ2v) is 8.52. The zero-order chi connectivity index (χ0) is 26.6. The summed E-state index contributed by atoms with van der Waals surface area (Å²) in [6.45, 7) is 0.639. The summed E-state index contributed by atoms with van der Waals surface area (Å²) in [5.74, 6) is -0.936. The standard InChI is InChI=1S/C26H25N7O5/c1-37-18-14-30-23(28-10-9-27)21-20(18)17(13-29-21)22(34)25(35)33-11-7-16(8-12-33)19(15-5-3-2-4-6-15)24-31-32-26(36)38-24/h2-6,9-10,13-14,29H,7-8,11-12,27H2,1H3,(H,28,30)(H,32,36)/b10-9-. The fraction of sp³-hybridized carbons (Fsp3) is 0.192. The van der Waals surface area contributed by atoms with Crippen molar-refractivity contribution in [2.24, 2.45) is 5.73 Å². The fourth-order valence-electron chi connectivity index (χ4n) is 4.60. The van der Waals surface area contributed by atoms with Crippen molar-refractivity contribution in [3.05, 3.63) is 88.3 Å². The zero-order valence-electron chi connectivity index (χ0n) is 20.5. The number of fused-ring (bicyclic) bond motifs is 1. The molecular weight excluding hydrogens is 490 g/mol. The van der Waals surface area contributed by atoms with Crippen molar-refractivity contribution >= 4 is 34.0 Å². The Balaban J connectivity index is 1.41. The highest BCUT2D eigenvalue weighted by molar-refractivity contribution is 6.45. The largest absolute Gasteiger partial charge is 0.494 e. The van der Waals surface area contributed by atoms with E-state index in [9.17, 15) is 14.4 Å². The lowest BCUT2D eigenvalue weighted by Gasteiger charge is -2.29. The van der Waals surface area contributed by atoms with Gasteiger partial charge >= 0.3 is 5.76 Å². The number of likely N-dealkylation sites (tertiary alicyclic amines) is 1. The van der Waals surface area contributed by atoms with Gasteiger partial charge in [0.15, 0.2) is 5.82 Å². The molecule has 0 bridgehead atoms. The van der Waals surface area contributed by atoms with E-state index in [1.54, 1.807) is 0 Å². The molecule has 1 fully saturated rings. The summed E-state index contributed by atoms with van der Waals surface area (Å²) in [5, 5.41) is 9.71. The molecule has 194 valence electrons. The van der Waals surface area contributed by atoms with Crippen LogP contribution in [0.1, 0.15) is 34.7 Å². The van der Waals surface area contributed by atoms with Crippen LogP contribution in [0, 0.1) is 0 Å². The van der Waals surface area contributed by atoms with Gasteiger partial charge in [-0.15, -0.1) is 5.10 Å². The van der Waals surface area contributed by atoms with Crippen LogP contribution in [0.15, 0.2) is 69.9 Å². The highest BCUT2D eigenvalue weighted by Crippen LogP contribution is 2.34. The van der Waals surface area contributed by atoms with Crippen LogP contribution in [0.5, 0.6) is 5.75 Å². The van der Waals surface area contributed by atoms with E-state index in [4.69, 9.17) is 14.9 Å². The van der Waals surface area contributed by atoms with Gasteiger partial charge in [0.25, 0.3) is 11.7 Å². The third kappa shape index (κ3) is 4.54. The van der Waals surface area contributed by atoms with Crippen molar-refractivity contribution in [3.8, 4) is 5.75 Å². The zero-order valence-corrected chi connectivity index (χ0v) is 20.5. The molecule has 4 aromatic rings. The van der Waals surface area contributed by atoms with Crippen molar-refractivity contribution in [2.75, 3.05) is 25.5 Å². The number of aromatic amines is 2. The first-order valence-electron chi connectivity index (χ1n) is 11.9. The molecule has 3 aromatic heterocycles. The van der Waals surface area contributed by atoms with Gasteiger partial charge < -0.3 is 30.1 Å². The number of anilines is 1. The number of aromatic nitrogens is 4. The molecule has 0 radical (unpaired) electrons. The molecule has 0 saturated carbocycles. The number of ketones is 1. The number of carbonyl (C=O) groups excluding carboxylic acids is 2. The van der Waals surface area contributed by atoms with Gasteiger partial charge in [0.05, 0.1) is 29.8 Å². The van der Waals surface area contributed by atoms with E-state index in [1.807, 2.05) is 30.3 Å². The second-order valence-electron chi connectivity index (χ2n) is 8.52. The van der Waals surface area contributed by atoms with Crippen LogP contribution < -0.4 is 21.5 Å². The molecule has 5 N–H and O–H groups in total. The van der Waals surface area contributed by atoms with Crippen molar-refractivity contribution in [2.45, 2.75) is 12.8 Å². The van der Waals surface area contributed by atoms with Crippen LogP contribution in [-0.2, 0) is 4.79 Å². The van der Waals surface area contributed by atoms with Crippen molar-refractivity contribution < 1.29 is 18.7 Å². The first-order valence-corrected chi connectivity index (χ1v) is 11.9. The third-order valence-corrected chi connectivity index (χ3v) is 6.37. The number of nitrogens with zero attached hydrogens (tertiary/aromatic N) is 3. The van der Waals surface area contributed by atoms with E-state index in [1.165, 1.54) is 36.8 Å². The van der Waals surface area contributed by atoms with Crippen LogP contribution in [0.4, 0.5) is 5.82 Å². The minimum absolute atomic E-state index is 0.189. The normalized spacial score (nSPS) is 13.7. The predicted molar refractivity (Wildman–Crippen MR) is 139 cm³/mol. The number of rotatable bonds is 7. The predicted octanol–water partition coefficient (Wildman–Crippen LogP) is 2.40. The van der Waals surface area contributed by atoms with E-state index in [2.05, 4.69) is 25.5 Å². The van der Waals surface area contributed by atoms with E-state index >= 15 is 0 Å². The molecule has 0 spiro atoms. The number of hydrogen-bond acceptors (Lipinski definition) is 9. The SMILES string of the molecule is COc1cnc(N/C=C\N)c2[nH]cc(C(=O)C(=O)N3CCC(=C(c4ccccc4)c4n[nH]c(=O)o4)CC3)c12. The molecule has 12 nitrogen and oxygen atoms in total. The summed E-state index contributed by atoms with van der Waals surface area (Å²) in [5.41, 5.74) is 8.65. The van der Waals surface area contributed by atoms with Gasteiger partial charge in [-0.05, 0) is 18.4 Å². The van der Waals surface area contributed by atoms with E-state index in [0.29, 0.717) is 54.0 Å². The first-order chi connectivity index (χ1) is 18.5. The Kier molecular flexibility index (Phi) is 6.76. The number of benzene rings is 1. The van der Waals surface area contributed by atoms with Gasteiger partial charge in [-0.3, -0.25) is 9.59 Å². The van der Waals surface area contributed by atoms with Crippen LogP contribution in [-0.4, -0.2) is 57.0 Å². The summed E-state index contributed by atoms with van der Waals surface area (Å²) in [7, 11) is 1.47. The molecule has 1 saturated heterocycles. The third-order valence-electron chi connectivity index (χ3n) is 6.37. The Morgan fingerprint density at radius 2 is 1.97 bits per heavy atom. The number of piperidine rings is 1. The van der Waals surface area contributed by atoms with Crippen LogP contribution in [0.2, 0.25) is 0 Å². The summed E-state index contributed by atoms with van der Waals surface area (Å²) < 4.78 is 10.7. The molecule has 1 aromatic carbocycles. The average molecular weight is 516 g/mol. The summed E-state index contributed by atoms with van der Waals surface area (Å²) in [6, 6.07) is 9.48. The average Bonchev–Trinajstić information content (AvgIpc) is 3.59. The van der Waals surface area contributed by atoms with Gasteiger partial charge in [-0.2, -0.15) is 0 Å². The van der Waals surface area contributed by atoms with E-state index in [-0.39, 0.29) is 11.5 Å². The molecule has 0 unspecified atom stereocenters. The molecule has 0 atom stereocenters. The number of methoxy groups -OCH3 is 1. The minimum Gasteiger partial charge on any atom is -0.494 e. The Hall–Kier alpha value is -5.13. The minimum atomic E-state index is -0.657. The Labute approximate surface area is 216 Å². The first kappa shape index (κ1) is 24.6. The number of amides is 1. The Morgan fingerprint density at radius 1 is 1.21 bits per heavy atom. The molecule has 1 aliphatic rings. The molecular formula is C26H25N7O5. The number of nitrogens with two attached hydrogens (primary N) is 1. The lowest BCUT2D eigenvalue weighted by molar-refractivity contribution is -0.126. The molecule has 38 heavy (non-hydrogen) atoms. The van der Waals surface area contributed by atoms with Crippen molar-refractivity contribution in [1.82, 2.24) is 25.1 Å².